The first kappa shape index (κ1) is 16.0. The number of carbonyl (C=O) groups is 2. The number of hydrogen-bond acceptors (Lipinski definition) is 3. The molecule has 2 N–H and O–H groups in total. The fraction of sp³-hybridized carbons (Fsp3) is 0.857. The second kappa shape index (κ2) is 6.89. The lowest BCUT2D eigenvalue weighted by atomic mass is 9.98. The fourth-order valence-corrected chi connectivity index (χ4v) is 2.53. The van der Waals surface area contributed by atoms with Gasteiger partial charge in [-0.15, -0.1) is 0 Å². The molecule has 1 rings (SSSR count). The van der Waals surface area contributed by atoms with Crippen molar-refractivity contribution in [1.29, 1.82) is 0 Å². The van der Waals surface area contributed by atoms with E-state index in [1.54, 1.807) is 0 Å². The van der Waals surface area contributed by atoms with E-state index in [0.29, 0.717) is 13.0 Å². The van der Waals surface area contributed by atoms with Crippen LogP contribution in [0.4, 0.5) is 0 Å². The summed E-state index contributed by atoms with van der Waals surface area (Å²) in [7, 11) is 0. The second-order valence-corrected chi connectivity index (χ2v) is 6.35. The van der Waals surface area contributed by atoms with E-state index in [4.69, 9.17) is 5.11 Å². The van der Waals surface area contributed by atoms with Gasteiger partial charge in [0.05, 0.1) is 6.54 Å². The SMILES string of the molecule is CC(C)(C)NC(=O)CN1CCCCC1CCC(=O)O. The minimum Gasteiger partial charge on any atom is -0.481 e. The number of nitrogens with zero attached hydrogens (tertiary/aromatic N) is 1. The molecule has 0 saturated carbocycles. The third-order valence-corrected chi connectivity index (χ3v) is 3.30. The zero-order chi connectivity index (χ0) is 14.5. The molecular formula is C14H26N2O3. The number of aliphatic carboxylic acids is 1. The van der Waals surface area contributed by atoms with Crippen LogP contribution in [0, 0.1) is 0 Å². The topological polar surface area (TPSA) is 69.6 Å². The van der Waals surface area contributed by atoms with Crippen LogP contribution in [-0.2, 0) is 9.59 Å². The van der Waals surface area contributed by atoms with E-state index < -0.39 is 5.97 Å². The summed E-state index contributed by atoms with van der Waals surface area (Å²) in [6.45, 7) is 7.15. The van der Waals surface area contributed by atoms with Crippen LogP contribution >= 0.6 is 0 Å². The average Bonchev–Trinajstić information content (AvgIpc) is 2.25. The summed E-state index contributed by atoms with van der Waals surface area (Å²) in [5, 5.41) is 11.7. The van der Waals surface area contributed by atoms with E-state index in [1.165, 1.54) is 0 Å². The number of nitrogens with one attached hydrogen (secondary N) is 1. The molecule has 0 aromatic heterocycles. The Hall–Kier alpha value is -1.10. The van der Waals surface area contributed by atoms with Gasteiger partial charge in [0.15, 0.2) is 0 Å². The van der Waals surface area contributed by atoms with Crippen molar-refractivity contribution in [2.45, 2.75) is 64.5 Å². The van der Waals surface area contributed by atoms with Gasteiger partial charge in [-0.2, -0.15) is 0 Å². The molecule has 19 heavy (non-hydrogen) atoms. The van der Waals surface area contributed by atoms with Crippen molar-refractivity contribution >= 4 is 11.9 Å². The molecule has 1 saturated heterocycles. The van der Waals surface area contributed by atoms with Crippen molar-refractivity contribution < 1.29 is 14.7 Å². The molecule has 1 unspecified atom stereocenters. The van der Waals surface area contributed by atoms with Crippen molar-refractivity contribution in [2.75, 3.05) is 13.1 Å². The van der Waals surface area contributed by atoms with Gasteiger partial charge in [-0.05, 0) is 46.6 Å². The molecule has 1 amide bonds. The molecule has 0 aromatic rings. The Morgan fingerprint density at radius 3 is 2.58 bits per heavy atom. The molecule has 0 aromatic carbocycles. The van der Waals surface area contributed by atoms with Crippen molar-refractivity contribution in [2.24, 2.45) is 0 Å². The van der Waals surface area contributed by atoms with Crippen LogP contribution in [0.3, 0.4) is 0 Å². The van der Waals surface area contributed by atoms with Crippen LogP contribution < -0.4 is 5.32 Å². The monoisotopic (exact) mass is 270 g/mol. The van der Waals surface area contributed by atoms with Crippen LogP contribution in [0.5, 0.6) is 0 Å². The Morgan fingerprint density at radius 1 is 1.32 bits per heavy atom. The van der Waals surface area contributed by atoms with Crippen LogP contribution in [0.2, 0.25) is 0 Å². The number of likely N-dealkylation sites (tertiary alicyclic amines) is 1. The molecule has 1 heterocycles. The van der Waals surface area contributed by atoms with Gasteiger partial charge in [0.1, 0.15) is 0 Å². The number of carboxylic acid groups (broad SMARTS) is 1. The molecule has 1 fully saturated rings. The van der Waals surface area contributed by atoms with Crippen molar-refractivity contribution in [3.05, 3.63) is 0 Å². The van der Waals surface area contributed by atoms with E-state index in [-0.39, 0.29) is 23.9 Å². The van der Waals surface area contributed by atoms with E-state index in [9.17, 15) is 9.59 Å². The zero-order valence-electron chi connectivity index (χ0n) is 12.2. The summed E-state index contributed by atoms with van der Waals surface area (Å²) in [6.07, 6.45) is 4.03. The standard InChI is InChI=1S/C14H26N2O3/c1-14(2,3)15-12(17)10-16-9-5-4-6-11(16)7-8-13(18)19/h11H,4-10H2,1-3H3,(H,15,17)(H,18,19). The molecule has 5 heteroatoms. The summed E-state index contributed by atoms with van der Waals surface area (Å²) in [4.78, 5) is 24.7. The van der Waals surface area contributed by atoms with Crippen molar-refractivity contribution in [3.63, 3.8) is 0 Å². The van der Waals surface area contributed by atoms with Gasteiger partial charge in [0.2, 0.25) is 5.91 Å². The lowest BCUT2D eigenvalue weighted by Crippen LogP contribution is -2.49. The third-order valence-electron chi connectivity index (χ3n) is 3.30. The fourth-order valence-electron chi connectivity index (χ4n) is 2.53. The van der Waals surface area contributed by atoms with Gasteiger partial charge in [-0.1, -0.05) is 6.42 Å². The molecular weight excluding hydrogens is 244 g/mol. The number of hydrogen-bond donors (Lipinski definition) is 2. The highest BCUT2D eigenvalue weighted by atomic mass is 16.4. The second-order valence-electron chi connectivity index (χ2n) is 6.35. The number of rotatable bonds is 5. The minimum absolute atomic E-state index is 0.0229. The number of amides is 1. The van der Waals surface area contributed by atoms with Crippen LogP contribution in [0.1, 0.15) is 52.9 Å². The highest BCUT2D eigenvalue weighted by molar-refractivity contribution is 5.78. The van der Waals surface area contributed by atoms with Gasteiger partial charge >= 0.3 is 5.97 Å². The zero-order valence-corrected chi connectivity index (χ0v) is 12.2. The molecule has 0 radical (unpaired) electrons. The minimum atomic E-state index is -0.760. The molecule has 0 bridgehead atoms. The van der Waals surface area contributed by atoms with Gasteiger partial charge < -0.3 is 10.4 Å². The summed E-state index contributed by atoms with van der Waals surface area (Å²) >= 11 is 0. The van der Waals surface area contributed by atoms with E-state index in [2.05, 4.69) is 10.2 Å². The predicted molar refractivity (Wildman–Crippen MR) is 74.0 cm³/mol. The van der Waals surface area contributed by atoms with Crippen LogP contribution in [0.15, 0.2) is 0 Å². The lowest BCUT2D eigenvalue weighted by molar-refractivity contribution is -0.137. The number of piperidine rings is 1. The van der Waals surface area contributed by atoms with Gasteiger partial charge in [0, 0.05) is 18.0 Å². The van der Waals surface area contributed by atoms with Crippen LogP contribution in [0.25, 0.3) is 0 Å². The van der Waals surface area contributed by atoms with Crippen LogP contribution in [-0.4, -0.2) is 46.6 Å². The summed E-state index contributed by atoms with van der Waals surface area (Å²) in [6, 6.07) is 0.232. The first-order valence-corrected chi connectivity index (χ1v) is 7.05. The molecule has 110 valence electrons. The first-order valence-electron chi connectivity index (χ1n) is 7.05. The lowest BCUT2D eigenvalue weighted by Gasteiger charge is -2.35. The van der Waals surface area contributed by atoms with Gasteiger partial charge in [-0.3, -0.25) is 14.5 Å². The Balaban J connectivity index is 2.47. The van der Waals surface area contributed by atoms with E-state index in [1.807, 2.05) is 20.8 Å². The first-order chi connectivity index (χ1) is 8.78. The maximum absolute atomic E-state index is 11.9. The van der Waals surface area contributed by atoms with Gasteiger partial charge in [-0.25, -0.2) is 0 Å². The normalized spacial score (nSPS) is 21.1. The number of carboxylic acids is 1. The van der Waals surface area contributed by atoms with Crippen molar-refractivity contribution in [1.82, 2.24) is 10.2 Å². The number of carbonyl (C=O) groups excluding carboxylic acids is 1. The van der Waals surface area contributed by atoms with E-state index in [0.717, 1.165) is 25.8 Å². The molecule has 5 nitrogen and oxygen atoms in total. The Bertz CT molecular complexity index is 323. The highest BCUT2D eigenvalue weighted by Gasteiger charge is 2.25. The smallest absolute Gasteiger partial charge is 0.303 e. The quantitative estimate of drug-likeness (QED) is 0.796. The van der Waals surface area contributed by atoms with Gasteiger partial charge in [0.25, 0.3) is 0 Å². The molecule has 0 spiro atoms. The Morgan fingerprint density at radius 2 is 2.00 bits per heavy atom. The maximum atomic E-state index is 11.9. The van der Waals surface area contributed by atoms with Crippen molar-refractivity contribution in [3.8, 4) is 0 Å². The predicted octanol–water partition coefficient (Wildman–Crippen LogP) is 1.62. The molecule has 1 atom stereocenters. The summed E-state index contributed by atoms with van der Waals surface area (Å²) < 4.78 is 0. The third kappa shape index (κ3) is 6.57. The maximum Gasteiger partial charge on any atom is 0.303 e. The Kier molecular flexibility index (Phi) is 5.79. The molecule has 1 aliphatic rings. The summed E-state index contributed by atoms with van der Waals surface area (Å²) in [5.41, 5.74) is -0.219. The largest absolute Gasteiger partial charge is 0.481 e. The molecule has 0 aliphatic carbocycles. The Labute approximate surface area is 115 Å². The van der Waals surface area contributed by atoms with E-state index >= 15 is 0 Å². The average molecular weight is 270 g/mol. The summed E-state index contributed by atoms with van der Waals surface area (Å²) in [5.74, 6) is -0.737. The molecule has 1 aliphatic heterocycles. The highest BCUT2D eigenvalue weighted by Crippen LogP contribution is 2.20.